The number of hydrogen-bond acceptors (Lipinski definition) is 2. The molecule has 1 atom stereocenters. The first-order valence-corrected chi connectivity index (χ1v) is 7.31. The molecule has 0 spiro atoms. The Kier molecular flexibility index (Phi) is 3.98. The normalized spacial score (nSPS) is 12.5. The van der Waals surface area contributed by atoms with Gasteiger partial charge in [-0.15, -0.1) is 0 Å². The number of aliphatic hydroxyl groups excluding tert-OH is 1. The van der Waals surface area contributed by atoms with Crippen LogP contribution < -0.4 is 0 Å². The van der Waals surface area contributed by atoms with Gasteiger partial charge in [-0.3, -0.25) is 4.98 Å². The van der Waals surface area contributed by atoms with Crippen molar-refractivity contribution in [2.45, 2.75) is 25.9 Å². The Morgan fingerprint density at radius 3 is 2.71 bits per heavy atom. The third-order valence-electron chi connectivity index (χ3n) is 3.81. The molecule has 1 N–H and O–H groups in total. The van der Waals surface area contributed by atoms with E-state index in [9.17, 15) is 5.11 Å². The minimum atomic E-state index is -0.482. The lowest BCUT2D eigenvalue weighted by molar-refractivity contribution is 0.169. The summed E-state index contributed by atoms with van der Waals surface area (Å²) in [7, 11) is 0. The Labute approximate surface area is 125 Å². The Bertz CT molecular complexity index is 746. The van der Waals surface area contributed by atoms with E-state index in [4.69, 9.17) is 0 Å². The molecular formula is C19H19NO. The van der Waals surface area contributed by atoms with Crippen molar-refractivity contribution < 1.29 is 5.11 Å². The Morgan fingerprint density at radius 2 is 1.86 bits per heavy atom. The molecule has 106 valence electrons. The zero-order chi connectivity index (χ0) is 14.7. The average molecular weight is 277 g/mol. The summed E-state index contributed by atoms with van der Waals surface area (Å²) in [5.74, 6) is 0. The predicted octanol–water partition coefficient (Wildman–Crippen LogP) is 4.21. The summed E-state index contributed by atoms with van der Waals surface area (Å²) in [6.07, 6.45) is 2.87. The minimum absolute atomic E-state index is 0.482. The van der Waals surface area contributed by atoms with Gasteiger partial charge in [-0.1, -0.05) is 54.1 Å². The predicted molar refractivity (Wildman–Crippen MR) is 86.2 cm³/mol. The van der Waals surface area contributed by atoms with E-state index in [1.165, 1.54) is 11.1 Å². The molecule has 2 heteroatoms. The number of rotatable bonds is 4. The van der Waals surface area contributed by atoms with E-state index in [1.54, 1.807) is 6.20 Å². The molecule has 0 aliphatic carbocycles. The molecular weight excluding hydrogens is 258 g/mol. The summed E-state index contributed by atoms with van der Waals surface area (Å²) in [5.41, 5.74) is 4.34. The van der Waals surface area contributed by atoms with Crippen molar-refractivity contribution in [2.24, 2.45) is 0 Å². The number of nitrogens with zero attached hydrogens (tertiary/aromatic N) is 1. The van der Waals surface area contributed by atoms with Crippen molar-refractivity contribution in [3.05, 3.63) is 77.5 Å². The summed E-state index contributed by atoms with van der Waals surface area (Å²) in [6, 6.07) is 18.4. The van der Waals surface area contributed by atoms with Crippen LogP contribution in [0.2, 0.25) is 0 Å². The molecule has 0 aliphatic rings. The molecule has 0 bridgehead atoms. The lowest BCUT2D eigenvalue weighted by atomic mass is 9.98. The zero-order valence-corrected chi connectivity index (χ0v) is 12.2. The van der Waals surface area contributed by atoms with E-state index in [0.29, 0.717) is 6.42 Å². The first kappa shape index (κ1) is 13.8. The largest absolute Gasteiger partial charge is 0.388 e. The second-order valence-electron chi connectivity index (χ2n) is 5.47. The molecule has 0 amide bonds. The number of pyridine rings is 1. The van der Waals surface area contributed by atoms with Crippen molar-refractivity contribution in [3.63, 3.8) is 0 Å². The maximum Gasteiger partial charge on any atom is 0.0814 e. The SMILES string of the molecule is Cc1cccc(CCC(O)c2cccc3cccnc23)c1. The van der Waals surface area contributed by atoms with Crippen LogP contribution >= 0.6 is 0 Å². The lowest BCUT2D eigenvalue weighted by Crippen LogP contribution is -2.01. The van der Waals surface area contributed by atoms with Crippen LogP contribution in [0.15, 0.2) is 60.8 Å². The van der Waals surface area contributed by atoms with Gasteiger partial charge in [-0.2, -0.15) is 0 Å². The fourth-order valence-corrected chi connectivity index (χ4v) is 2.72. The number of aromatic nitrogens is 1. The highest BCUT2D eigenvalue weighted by Crippen LogP contribution is 2.25. The van der Waals surface area contributed by atoms with Gasteiger partial charge in [0.25, 0.3) is 0 Å². The van der Waals surface area contributed by atoms with Gasteiger partial charge >= 0.3 is 0 Å². The quantitative estimate of drug-likeness (QED) is 0.775. The van der Waals surface area contributed by atoms with E-state index >= 15 is 0 Å². The second-order valence-corrected chi connectivity index (χ2v) is 5.47. The van der Waals surface area contributed by atoms with Crippen LogP contribution in [0.5, 0.6) is 0 Å². The molecule has 2 aromatic carbocycles. The van der Waals surface area contributed by atoms with Crippen molar-refractivity contribution in [1.82, 2.24) is 4.98 Å². The summed E-state index contributed by atoms with van der Waals surface area (Å²) in [5, 5.41) is 11.6. The zero-order valence-electron chi connectivity index (χ0n) is 12.2. The van der Waals surface area contributed by atoms with Gasteiger partial charge in [0.05, 0.1) is 11.6 Å². The van der Waals surface area contributed by atoms with Crippen LogP contribution in [0.3, 0.4) is 0 Å². The monoisotopic (exact) mass is 277 g/mol. The van der Waals surface area contributed by atoms with Crippen molar-refractivity contribution in [1.29, 1.82) is 0 Å². The molecule has 1 heterocycles. The van der Waals surface area contributed by atoms with Gasteiger partial charge < -0.3 is 5.11 Å². The van der Waals surface area contributed by atoms with Crippen LogP contribution in [0, 0.1) is 6.92 Å². The van der Waals surface area contributed by atoms with Crippen LogP contribution in [-0.2, 0) is 6.42 Å². The highest BCUT2D eigenvalue weighted by molar-refractivity contribution is 5.81. The molecule has 1 aromatic heterocycles. The molecule has 1 unspecified atom stereocenters. The minimum Gasteiger partial charge on any atom is -0.388 e. The molecule has 0 saturated carbocycles. The molecule has 0 saturated heterocycles. The van der Waals surface area contributed by atoms with Crippen LogP contribution in [0.1, 0.15) is 29.2 Å². The Morgan fingerprint density at radius 1 is 1.05 bits per heavy atom. The fourth-order valence-electron chi connectivity index (χ4n) is 2.72. The van der Waals surface area contributed by atoms with Crippen molar-refractivity contribution in [2.75, 3.05) is 0 Å². The van der Waals surface area contributed by atoms with Crippen LogP contribution in [0.4, 0.5) is 0 Å². The average Bonchev–Trinajstić information content (AvgIpc) is 2.52. The van der Waals surface area contributed by atoms with Gasteiger partial charge in [0.2, 0.25) is 0 Å². The van der Waals surface area contributed by atoms with E-state index in [0.717, 1.165) is 22.9 Å². The second kappa shape index (κ2) is 6.06. The Balaban J connectivity index is 1.79. The van der Waals surface area contributed by atoms with Gasteiger partial charge in [-0.05, 0) is 31.4 Å². The Hall–Kier alpha value is -2.19. The summed E-state index contributed by atoms with van der Waals surface area (Å²) < 4.78 is 0. The van der Waals surface area contributed by atoms with E-state index in [1.807, 2.05) is 30.3 Å². The van der Waals surface area contributed by atoms with Crippen LogP contribution in [-0.4, -0.2) is 10.1 Å². The first-order chi connectivity index (χ1) is 10.2. The van der Waals surface area contributed by atoms with Gasteiger partial charge in [-0.25, -0.2) is 0 Å². The van der Waals surface area contributed by atoms with Gasteiger partial charge in [0, 0.05) is 17.1 Å². The molecule has 0 radical (unpaired) electrons. The summed E-state index contributed by atoms with van der Waals surface area (Å²) >= 11 is 0. The number of hydrogen-bond donors (Lipinski definition) is 1. The number of benzene rings is 2. The van der Waals surface area contributed by atoms with Crippen molar-refractivity contribution in [3.8, 4) is 0 Å². The third-order valence-corrected chi connectivity index (χ3v) is 3.81. The summed E-state index contributed by atoms with van der Waals surface area (Å²) in [6.45, 7) is 2.09. The molecule has 3 rings (SSSR count). The fraction of sp³-hybridized carbons (Fsp3) is 0.211. The molecule has 0 fully saturated rings. The molecule has 0 aliphatic heterocycles. The summed E-state index contributed by atoms with van der Waals surface area (Å²) in [4.78, 5) is 4.41. The van der Waals surface area contributed by atoms with Crippen LogP contribution in [0.25, 0.3) is 10.9 Å². The number of para-hydroxylation sites is 1. The highest BCUT2D eigenvalue weighted by Gasteiger charge is 2.12. The number of aryl methyl sites for hydroxylation is 2. The molecule has 3 aromatic rings. The topological polar surface area (TPSA) is 33.1 Å². The standard InChI is InChI=1S/C19H19NO/c1-14-5-2-6-15(13-14)10-11-18(21)17-9-3-7-16-8-4-12-20-19(16)17/h2-9,12-13,18,21H,10-11H2,1H3. The first-order valence-electron chi connectivity index (χ1n) is 7.31. The van der Waals surface area contributed by atoms with Gasteiger partial charge in [0.1, 0.15) is 0 Å². The molecule has 21 heavy (non-hydrogen) atoms. The lowest BCUT2D eigenvalue weighted by Gasteiger charge is -2.13. The highest BCUT2D eigenvalue weighted by atomic mass is 16.3. The van der Waals surface area contributed by atoms with Crippen molar-refractivity contribution >= 4 is 10.9 Å². The van der Waals surface area contributed by atoms with E-state index in [2.05, 4.69) is 36.2 Å². The maximum absolute atomic E-state index is 10.5. The number of aliphatic hydroxyl groups is 1. The van der Waals surface area contributed by atoms with Gasteiger partial charge in [0.15, 0.2) is 0 Å². The molecule has 2 nitrogen and oxygen atoms in total. The third kappa shape index (κ3) is 3.11. The smallest absolute Gasteiger partial charge is 0.0814 e. The van der Waals surface area contributed by atoms with E-state index in [-0.39, 0.29) is 0 Å². The maximum atomic E-state index is 10.5. The number of fused-ring (bicyclic) bond motifs is 1. The van der Waals surface area contributed by atoms with E-state index < -0.39 is 6.10 Å².